The molecule has 0 saturated carbocycles. The van der Waals surface area contributed by atoms with Crippen molar-refractivity contribution in [3.63, 3.8) is 0 Å². The molecule has 1 N–H and O–H groups in total. The molecule has 0 aromatic heterocycles. The molecule has 3 aromatic carbocycles. The molecule has 4 amide bonds. The van der Waals surface area contributed by atoms with Gasteiger partial charge in [0.2, 0.25) is 5.91 Å². The SMILES string of the molecule is Cc1ccc(N=Nc2ccc(N=C[C@@H]3C(=O)NC(=O)N(c4ccc(I)cc4)C3=O)cc2)cc1. The van der Waals surface area contributed by atoms with Crippen LogP contribution in [-0.4, -0.2) is 24.1 Å². The second kappa shape index (κ2) is 9.82. The van der Waals surface area contributed by atoms with Crippen LogP contribution in [-0.2, 0) is 9.59 Å². The maximum absolute atomic E-state index is 12.9. The molecule has 164 valence electrons. The monoisotopic (exact) mass is 551 g/mol. The number of halogens is 1. The highest BCUT2D eigenvalue weighted by Gasteiger charge is 2.40. The second-order valence-electron chi connectivity index (χ2n) is 7.25. The van der Waals surface area contributed by atoms with E-state index in [0.29, 0.717) is 17.1 Å². The van der Waals surface area contributed by atoms with E-state index in [9.17, 15) is 14.4 Å². The van der Waals surface area contributed by atoms with Crippen LogP contribution in [0.2, 0.25) is 0 Å². The molecule has 1 saturated heterocycles. The van der Waals surface area contributed by atoms with Crippen molar-refractivity contribution in [2.24, 2.45) is 21.1 Å². The Hall–Kier alpha value is -3.73. The van der Waals surface area contributed by atoms with E-state index in [1.165, 1.54) is 6.21 Å². The summed E-state index contributed by atoms with van der Waals surface area (Å²) in [5.74, 6) is -2.58. The van der Waals surface area contributed by atoms with Crippen LogP contribution in [0.3, 0.4) is 0 Å². The van der Waals surface area contributed by atoms with Gasteiger partial charge in [0.15, 0.2) is 5.92 Å². The Balaban J connectivity index is 1.47. The van der Waals surface area contributed by atoms with Crippen molar-refractivity contribution in [1.82, 2.24) is 5.32 Å². The molecule has 1 atom stereocenters. The summed E-state index contributed by atoms with van der Waals surface area (Å²) in [5, 5.41) is 10.6. The zero-order valence-corrected chi connectivity index (χ0v) is 19.6. The number of rotatable bonds is 5. The van der Waals surface area contributed by atoms with Gasteiger partial charge in [-0.15, -0.1) is 0 Å². The molecule has 1 heterocycles. The van der Waals surface area contributed by atoms with Gasteiger partial charge in [-0.1, -0.05) is 17.7 Å². The molecule has 1 aliphatic rings. The molecule has 0 spiro atoms. The highest BCUT2D eigenvalue weighted by atomic mass is 127. The Labute approximate surface area is 203 Å². The summed E-state index contributed by atoms with van der Waals surface area (Å²) in [5.41, 5.74) is 3.44. The van der Waals surface area contributed by atoms with Crippen molar-refractivity contribution in [3.05, 3.63) is 81.9 Å². The summed E-state index contributed by atoms with van der Waals surface area (Å²) in [6.07, 6.45) is 1.24. The van der Waals surface area contributed by atoms with E-state index in [4.69, 9.17) is 0 Å². The number of benzene rings is 3. The van der Waals surface area contributed by atoms with Gasteiger partial charge in [0.25, 0.3) is 5.91 Å². The fourth-order valence-electron chi connectivity index (χ4n) is 3.05. The quantitative estimate of drug-likeness (QED) is 0.193. The summed E-state index contributed by atoms with van der Waals surface area (Å²) in [7, 11) is 0. The van der Waals surface area contributed by atoms with E-state index < -0.39 is 23.8 Å². The van der Waals surface area contributed by atoms with Crippen molar-refractivity contribution in [3.8, 4) is 0 Å². The zero-order valence-electron chi connectivity index (χ0n) is 17.5. The Kier molecular flexibility index (Phi) is 6.68. The fourth-order valence-corrected chi connectivity index (χ4v) is 3.41. The number of aryl methyl sites for hydroxylation is 1. The molecule has 1 fully saturated rings. The van der Waals surface area contributed by atoms with E-state index in [1.807, 2.05) is 31.2 Å². The first kappa shape index (κ1) is 22.5. The number of nitrogens with one attached hydrogen (secondary N) is 1. The third-order valence-electron chi connectivity index (χ3n) is 4.82. The normalized spacial score (nSPS) is 16.6. The number of hydrogen-bond acceptors (Lipinski definition) is 6. The molecule has 33 heavy (non-hydrogen) atoms. The summed E-state index contributed by atoms with van der Waals surface area (Å²) in [6, 6.07) is 20.6. The Morgan fingerprint density at radius 3 is 1.97 bits per heavy atom. The fraction of sp³-hybridized carbons (Fsp3) is 0.0833. The summed E-state index contributed by atoms with van der Waals surface area (Å²) >= 11 is 2.12. The Morgan fingerprint density at radius 1 is 0.818 bits per heavy atom. The van der Waals surface area contributed by atoms with Gasteiger partial charge in [0, 0.05) is 9.78 Å². The lowest BCUT2D eigenvalue weighted by molar-refractivity contribution is -0.131. The number of azo groups is 1. The number of anilines is 1. The van der Waals surface area contributed by atoms with Crippen molar-refractivity contribution < 1.29 is 14.4 Å². The molecular weight excluding hydrogens is 533 g/mol. The molecule has 0 unspecified atom stereocenters. The minimum atomic E-state index is -1.22. The number of barbiturate groups is 1. The van der Waals surface area contributed by atoms with E-state index in [1.54, 1.807) is 48.5 Å². The lowest BCUT2D eigenvalue weighted by atomic mass is 10.1. The van der Waals surface area contributed by atoms with E-state index >= 15 is 0 Å². The van der Waals surface area contributed by atoms with Gasteiger partial charge < -0.3 is 0 Å². The van der Waals surface area contributed by atoms with Crippen molar-refractivity contribution in [2.45, 2.75) is 6.92 Å². The smallest absolute Gasteiger partial charge is 0.276 e. The molecule has 3 aromatic rings. The van der Waals surface area contributed by atoms with E-state index in [0.717, 1.165) is 19.7 Å². The van der Waals surface area contributed by atoms with Crippen LogP contribution in [0.15, 0.2) is 88.0 Å². The molecule has 1 aliphatic heterocycles. The predicted molar refractivity (Wildman–Crippen MR) is 134 cm³/mol. The standard InChI is InChI=1S/C24H18IN5O3/c1-15-2-6-18(7-3-15)28-29-19-10-8-17(9-11-19)26-14-21-22(31)27-24(33)30(23(21)32)20-12-4-16(25)5-13-20/h2-14,21H,1H3,(H,27,31,33)/t21-/m1/s1. The highest BCUT2D eigenvalue weighted by molar-refractivity contribution is 14.1. The summed E-state index contributed by atoms with van der Waals surface area (Å²) in [6.45, 7) is 2.00. The largest absolute Gasteiger partial charge is 0.335 e. The van der Waals surface area contributed by atoms with Crippen LogP contribution in [0, 0.1) is 16.4 Å². The maximum atomic E-state index is 12.9. The topological polar surface area (TPSA) is 104 Å². The van der Waals surface area contributed by atoms with Crippen LogP contribution in [0.4, 0.5) is 27.5 Å². The summed E-state index contributed by atoms with van der Waals surface area (Å²) < 4.78 is 0.956. The van der Waals surface area contributed by atoms with Crippen LogP contribution in [0.1, 0.15) is 5.56 Å². The zero-order chi connectivity index (χ0) is 23.4. The number of carbonyl (C=O) groups is 3. The van der Waals surface area contributed by atoms with Gasteiger partial charge in [-0.3, -0.25) is 19.9 Å². The Morgan fingerprint density at radius 2 is 1.36 bits per heavy atom. The number of imide groups is 2. The number of carbonyl (C=O) groups excluding carboxylic acids is 3. The minimum absolute atomic E-state index is 0.382. The van der Waals surface area contributed by atoms with Gasteiger partial charge in [0.05, 0.1) is 22.7 Å². The molecule has 0 bridgehead atoms. The third kappa shape index (κ3) is 5.37. The van der Waals surface area contributed by atoms with Crippen molar-refractivity contribution in [2.75, 3.05) is 4.90 Å². The predicted octanol–water partition coefficient (Wildman–Crippen LogP) is 5.62. The highest BCUT2D eigenvalue weighted by Crippen LogP contribution is 2.24. The van der Waals surface area contributed by atoms with Crippen LogP contribution < -0.4 is 10.2 Å². The first-order valence-electron chi connectivity index (χ1n) is 9.98. The van der Waals surface area contributed by atoms with Gasteiger partial charge >= 0.3 is 6.03 Å². The Bertz CT molecular complexity index is 1250. The average Bonchev–Trinajstić information content (AvgIpc) is 2.80. The first-order chi connectivity index (χ1) is 15.9. The number of amides is 4. The van der Waals surface area contributed by atoms with Crippen LogP contribution in [0.5, 0.6) is 0 Å². The molecule has 4 rings (SSSR count). The average molecular weight is 551 g/mol. The number of aliphatic imine (C=N–C) groups is 1. The second-order valence-corrected chi connectivity index (χ2v) is 8.50. The van der Waals surface area contributed by atoms with Crippen LogP contribution >= 0.6 is 22.6 Å². The maximum Gasteiger partial charge on any atom is 0.335 e. The minimum Gasteiger partial charge on any atom is -0.276 e. The lowest BCUT2D eigenvalue weighted by Crippen LogP contribution is -2.58. The molecule has 9 heteroatoms. The molecular formula is C24H18IN5O3. The van der Waals surface area contributed by atoms with Crippen LogP contribution in [0.25, 0.3) is 0 Å². The third-order valence-corrected chi connectivity index (χ3v) is 5.54. The van der Waals surface area contributed by atoms with Crippen molar-refractivity contribution >= 4 is 69.4 Å². The van der Waals surface area contributed by atoms with E-state index in [-0.39, 0.29) is 0 Å². The van der Waals surface area contributed by atoms with Gasteiger partial charge in [-0.25, -0.2) is 9.69 Å². The summed E-state index contributed by atoms with van der Waals surface area (Å²) in [4.78, 5) is 42.6. The lowest BCUT2D eigenvalue weighted by Gasteiger charge is -2.28. The molecule has 0 aliphatic carbocycles. The van der Waals surface area contributed by atoms with Gasteiger partial charge in [-0.2, -0.15) is 10.2 Å². The molecule has 0 radical (unpaired) electrons. The molecule has 8 nitrogen and oxygen atoms in total. The number of urea groups is 1. The van der Waals surface area contributed by atoms with E-state index in [2.05, 4.69) is 43.1 Å². The van der Waals surface area contributed by atoms with Gasteiger partial charge in [-0.05, 0) is 90.2 Å². The number of nitrogens with zero attached hydrogens (tertiary/aromatic N) is 4. The van der Waals surface area contributed by atoms with Crippen molar-refractivity contribution in [1.29, 1.82) is 0 Å². The van der Waals surface area contributed by atoms with Gasteiger partial charge in [0.1, 0.15) is 0 Å². The number of hydrogen-bond donors (Lipinski definition) is 1. The first-order valence-corrected chi connectivity index (χ1v) is 11.1.